The quantitative estimate of drug-likeness (QED) is 0.485. The molecule has 1 saturated carbocycles. The Morgan fingerprint density at radius 3 is 3.12 bits per heavy atom. The molecule has 94 valence electrons. The van der Waals surface area contributed by atoms with E-state index in [4.69, 9.17) is 9.47 Å². The molecule has 17 heavy (non-hydrogen) atoms. The van der Waals surface area contributed by atoms with Crippen LogP contribution in [0.15, 0.2) is 11.8 Å². The summed E-state index contributed by atoms with van der Waals surface area (Å²) in [5, 5.41) is 19.2. The number of hydrogen-bond acceptors (Lipinski definition) is 6. The van der Waals surface area contributed by atoms with Gasteiger partial charge in [-0.15, -0.1) is 0 Å². The van der Waals surface area contributed by atoms with Crippen LogP contribution in [0.3, 0.4) is 0 Å². The highest BCUT2D eigenvalue weighted by Gasteiger charge is 2.72. The molecule has 5 atom stereocenters. The van der Waals surface area contributed by atoms with E-state index in [0.29, 0.717) is 12.0 Å². The van der Waals surface area contributed by atoms with E-state index in [1.807, 2.05) is 0 Å². The largest absolute Gasteiger partial charge is 0.472 e. The number of ether oxygens (including phenoxy) is 3. The molecule has 3 rings (SSSR count). The second-order valence-electron chi connectivity index (χ2n) is 4.68. The molecule has 1 aliphatic carbocycles. The van der Waals surface area contributed by atoms with Gasteiger partial charge in [0.05, 0.1) is 37.6 Å². The predicted octanol–water partition coefficient (Wildman–Crippen LogP) is -0.842. The Labute approximate surface area is 97.8 Å². The average molecular weight is 242 g/mol. The SMILES string of the molecule is COC(=O)C1=COC(O)C2C1CC1OC12CO. The second kappa shape index (κ2) is 3.44. The summed E-state index contributed by atoms with van der Waals surface area (Å²) in [6.07, 6.45) is 0.708. The molecule has 0 spiro atoms. The minimum absolute atomic E-state index is 0.105. The molecule has 0 aromatic heterocycles. The van der Waals surface area contributed by atoms with Crippen LogP contribution < -0.4 is 0 Å². The van der Waals surface area contributed by atoms with E-state index in [1.165, 1.54) is 13.4 Å². The standard InChI is InChI=1S/C11H14O6/c1-15-9(13)6-3-16-10(14)8-5(6)2-7-11(8,4-12)17-7/h3,5,7-8,10,12,14H,2,4H2,1H3. The van der Waals surface area contributed by atoms with Gasteiger partial charge in [0.25, 0.3) is 0 Å². The lowest BCUT2D eigenvalue weighted by Gasteiger charge is -2.34. The molecule has 0 aromatic carbocycles. The fourth-order valence-electron chi connectivity index (χ4n) is 3.13. The maximum absolute atomic E-state index is 11.6. The molecule has 6 heteroatoms. The summed E-state index contributed by atoms with van der Waals surface area (Å²) in [5.74, 6) is -1.03. The molecule has 3 aliphatic rings. The van der Waals surface area contributed by atoms with Gasteiger partial charge in [0.1, 0.15) is 5.60 Å². The van der Waals surface area contributed by atoms with Gasteiger partial charge in [0.2, 0.25) is 6.29 Å². The molecule has 2 heterocycles. The Morgan fingerprint density at radius 1 is 1.71 bits per heavy atom. The van der Waals surface area contributed by atoms with E-state index in [2.05, 4.69) is 4.74 Å². The zero-order valence-electron chi connectivity index (χ0n) is 9.33. The van der Waals surface area contributed by atoms with Gasteiger partial charge in [-0.2, -0.15) is 0 Å². The molecule has 2 aliphatic heterocycles. The van der Waals surface area contributed by atoms with Gasteiger partial charge in [0.15, 0.2) is 0 Å². The van der Waals surface area contributed by atoms with E-state index in [-0.39, 0.29) is 18.6 Å². The highest BCUT2D eigenvalue weighted by Crippen LogP contribution is 2.60. The third-order valence-corrected chi connectivity index (χ3v) is 4.02. The number of rotatable bonds is 2. The summed E-state index contributed by atoms with van der Waals surface area (Å²) in [5.41, 5.74) is -0.330. The van der Waals surface area contributed by atoms with Crippen molar-refractivity contribution >= 4 is 5.97 Å². The van der Waals surface area contributed by atoms with Crippen molar-refractivity contribution < 1.29 is 29.2 Å². The maximum Gasteiger partial charge on any atom is 0.337 e. The van der Waals surface area contributed by atoms with Crippen molar-refractivity contribution in [2.24, 2.45) is 11.8 Å². The third kappa shape index (κ3) is 1.28. The second-order valence-corrected chi connectivity index (χ2v) is 4.68. The van der Waals surface area contributed by atoms with Crippen LogP contribution in [0.5, 0.6) is 0 Å². The first-order chi connectivity index (χ1) is 8.14. The molecule has 2 fully saturated rings. The lowest BCUT2D eigenvalue weighted by molar-refractivity contribution is -0.153. The Balaban J connectivity index is 1.92. The number of esters is 1. The number of hydrogen-bond donors (Lipinski definition) is 2. The van der Waals surface area contributed by atoms with Gasteiger partial charge in [-0.25, -0.2) is 4.79 Å². The molecule has 6 nitrogen and oxygen atoms in total. The van der Waals surface area contributed by atoms with E-state index < -0.39 is 23.8 Å². The van der Waals surface area contributed by atoms with Crippen molar-refractivity contribution in [1.29, 1.82) is 0 Å². The summed E-state index contributed by atoms with van der Waals surface area (Å²) in [6.45, 7) is -0.173. The molecule has 0 aromatic rings. The van der Waals surface area contributed by atoms with E-state index in [1.54, 1.807) is 0 Å². The minimum atomic E-state index is -1.05. The zero-order valence-corrected chi connectivity index (χ0v) is 9.33. The van der Waals surface area contributed by atoms with Gasteiger partial charge < -0.3 is 24.4 Å². The lowest BCUT2D eigenvalue weighted by atomic mass is 9.82. The summed E-state index contributed by atoms with van der Waals surface area (Å²) < 4.78 is 15.2. The molecule has 0 radical (unpaired) electrons. The summed E-state index contributed by atoms with van der Waals surface area (Å²) >= 11 is 0. The monoisotopic (exact) mass is 242 g/mol. The van der Waals surface area contributed by atoms with Crippen LogP contribution in [0.25, 0.3) is 0 Å². The number of methoxy groups -OCH3 is 1. The highest BCUT2D eigenvalue weighted by atomic mass is 16.6. The van der Waals surface area contributed by atoms with E-state index >= 15 is 0 Å². The molecule has 5 unspecified atom stereocenters. The topological polar surface area (TPSA) is 88.5 Å². The number of aliphatic hydroxyl groups excluding tert-OH is 2. The lowest BCUT2D eigenvalue weighted by Crippen LogP contribution is -2.43. The van der Waals surface area contributed by atoms with Crippen molar-refractivity contribution in [1.82, 2.24) is 0 Å². The predicted molar refractivity (Wildman–Crippen MR) is 53.5 cm³/mol. The summed E-state index contributed by atoms with van der Waals surface area (Å²) in [6, 6.07) is 0. The van der Waals surface area contributed by atoms with E-state index in [0.717, 1.165) is 0 Å². The number of aliphatic hydroxyl groups is 2. The van der Waals surface area contributed by atoms with Crippen LogP contribution in [-0.2, 0) is 19.0 Å². The smallest absolute Gasteiger partial charge is 0.337 e. The van der Waals surface area contributed by atoms with Crippen molar-refractivity contribution in [3.8, 4) is 0 Å². The molecular formula is C11H14O6. The van der Waals surface area contributed by atoms with Gasteiger partial charge in [-0.05, 0) is 6.42 Å². The Hall–Kier alpha value is -1.11. The van der Waals surface area contributed by atoms with E-state index in [9.17, 15) is 15.0 Å². The van der Waals surface area contributed by atoms with Crippen molar-refractivity contribution in [3.63, 3.8) is 0 Å². The minimum Gasteiger partial charge on any atom is -0.472 e. The van der Waals surface area contributed by atoms with Crippen LogP contribution in [0.2, 0.25) is 0 Å². The van der Waals surface area contributed by atoms with Crippen LogP contribution in [-0.4, -0.2) is 47.9 Å². The van der Waals surface area contributed by atoms with Gasteiger partial charge >= 0.3 is 5.97 Å². The number of fused-ring (bicyclic) bond motifs is 3. The highest BCUT2D eigenvalue weighted by molar-refractivity contribution is 5.89. The van der Waals surface area contributed by atoms with Crippen molar-refractivity contribution in [3.05, 3.63) is 11.8 Å². The summed E-state index contributed by atoms with van der Waals surface area (Å²) in [7, 11) is 1.30. The van der Waals surface area contributed by atoms with Crippen LogP contribution >= 0.6 is 0 Å². The molecular weight excluding hydrogens is 228 g/mol. The number of carbonyl (C=O) groups excluding carboxylic acids is 1. The zero-order chi connectivity index (χ0) is 12.2. The Bertz CT molecular complexity index is 387. The summed E-state index contributed by atoms with van der Waals surface area (Å²) in [4.78, 5) is 11.6. The normalized spacial score (nSPS) is 46.4. The molecule has 0 amide bonds. The first kappa shape index (κ1) is 11.0. The molecule has 1 saturated heterocycles. The van der Waals surface area contributed by atoms with Crippen molar-refractivity contribution in [2.75, 3.05) is 13.7 Å². The first-order valence-corrected chi connectivity index (χ1v) is 5.54. The third-order valence-electron chi connectivity index (χ3n) is 4.02. The number of carbonyl (C=O) groups is 1. The Kier molecular flexibility index (Phi) is 2.23. The fraction of sp³-hybridized carbons (Fsp3) is 0.727. The van der Waals surface area contributed by atoms with Crippen LogP contribution in [0.1, 0.15) is 6.42 Å². The Morgan fingerprint density at radius 2 is 2.47 bits per heavy atom. The van der Waals surface area contributed by atoms with Gasteiger partial charge in [0, 0.05) is 5.92 Å². The van der Waals surface area contributed by atoms with Crippen molar-refractivity contribution in [2.45, 2.75) is 24.4 Å². The van der Waals surface area contributed by atoms with Gasteiger partial charge in [-0.1, -0.05) is 0 Å². The van der Waals surface area contributed by atoms with Crippen LogP contribution in [0, 0.1) is 11.8 Å². The average Bonchev–Trinajstić information content (AvgIpc) is 2.95. The first-order valence-electron chi connectivity index (χ1n) is 5.54. The molecule has 0 bridgehead atoms. The molecule has 2 N–H and O–H groups in total. The van der Waals surface area contributed by atoms with Crippen LogP contribution in [0.4, 0.5) is 0 Å². The van der Waals surface area contributed by atoms with Gasteiger partial charge in [-0.3, -0.25) is 0 Å². The fourth-order valence-corrected chi connectivity index (χ4v) is 3.13. The number of epoxide rings is 1. The maximum atomic E-state index is 11.6.